The quantitative estimate of drug-likeness (QED) is 0.250. The molecule has 0 unspecified atom stereocenters. The first kappa shape index (κ1) is 13.3. The summed E-state index contributed by atoms with van der Waals surface area (Å²) in [6.45, 7) is 0. The van der Waals surface area contributed by atoms with E-state index in [2.05, 4.69) is 91.0 Å². The summed E-state index contributed by atoms with van der Waals surface area (Å²) in [6, 6.07) is 30.4. The zero-order valence-corrected chi connectivity index (χ0v) is 13.2. The van der Waals surface area contributed by atoms with Crippen LogP contribution in [0.5, 0.6) is 0 Å². The van der Waals surface area contributed by atoms with Gasteiger partial charge in [0, 0.05) is 0 Å². The van der Waals surface area contributed by atoms with Gasteiger partial charge >= 0.3 is 0 Å². The minimum Gasteiger partial charge on any atom is -0.0622 e. The molecule has 0 heterocycles. The van der Waals surface area contributed by atoms with E-state index in [0.717, 1.165) is 0 Å². The molecule has 0 amide bonds. The van der Waals surface area contributed by atoms with Crippen LogP contribution in [0.4, 0.5) is 0 Å². The predicted octanol–water partition coefficient (Wildman–Crippen LogP) is 6.75. The molecular formula is C24H16. The molecule has 0 nitrogen and oxygen atoms in total. The van der Waals surface area contributed by atoms with Crippen LogP contribution < -0.4 is 0 Å². The molecule has 0 radical (unpaired) electrons. The van der Waals surface area contributed by atoms with E-state index in [-0.39, 0.29) is 0 Å². The van der Waals surface area contributed by atoms with E-state index in [1.54, 1.807) is 0 Å². The highest BCUT2D eigenvalue weighted by Gasteiger charge is 2.09. The van der Waals surface area contributed by atoms with E-state index < -0.39 is 0 Å². The Morgan fingerprint density at radius 2 is 1.12 bits per heavy atom. The largest absolute Gasteiger partial charge is 0.0622 e. The van der Waals surface area contributed by atoms with Crippen LogP contribution in [0.2, 0.25) is 0 Å². The molecule has 0 saturated carbocycles. The molecule has 5 aromatic carbocycles. The minimum absolute atomic E-state index is 1.23. The Kier molecular flexibility index (Phi) is 2.89. The van der Waals surface area contributed by atoms with E-state index in [1.807, 2.05) is 6.07 Å². The Hall–Kier alpha value is -3.12. The summed E-state index contributed by atoms with van der Waals surface area (Å²) in [4.78, 5) is 0. The van der Waals surface area contributed by atoms with Crippen LogP contribution in [-0.4, -0.2) is 0 Å². The van der Waals surface area contributed by atoms with Gasteiger partial charge in [-0.25, -0.2) is 0 Å². The van der Waals surface area contributed by atoms with Gasteiger partial charge in [0.05, 0.1) is 0 Å². The smallest absolute Gasteiger partial charge is 0.00208 e. The molecule has 0 N–H and O–H groups in total. The first-order valence-corrected chi connectivity index (χ1v) is 8.30. The van der Waals surface area contributed by atoms with Crippen molar-refractivity contribution in [3.8, 4) is 0 Å². The van der Waals surface area contributed by atoms with Gasteiger partial charge < -0.3 is 0 Å². The van der Waals surface area contributed by atoms with Crippen LogP contribution in [0.25, 0.3) is 44.5 Å². The molecule has 0 aliphatic carbocycles. The molecule has 112 valence electrons. The average Bonchev–Trinajstić information content (AvgIpc) is 2.66. The van der Waals surface area contributed by atoms with Crippen molar-refractivity contribution in [1.29, 1.82) is 0 Å². The summed E-state index contributed by atoms with van der Waals surface area (Å²) in [5, 5.41) is 8.02. The number of rotatable bonds is 2. The van der Waals surface area contributed by atoms with Crippen molar-refractivity contribution in [3.63, 3.8) is 0 Å². The van der Waals surface area contributed by atoms with Gasteiger partial charge in [0.15, 0.2) is 0 Å². The van der Waals surface area contributed by atoms with Gasteiger partial charge in [-0.15, -0.1) is 0 Å². The summed E-state index contributed by atoms with van der Waals surface area (Å²) in [5.74, 6) is 0. The summed E-state index contributed by atoms with van der Waals surface area (Å²) in [6.07, 6.45) is 4.41. The van der Waals surface area contributed by atoms with Crippen LogP contribution >= 0.6 is 0 Å². The first-order valence-electron chi connectivity index (χ1n) is 8.30. The maximum atomic E-state index is 2.26. The lowest BCUT2D eigenvalue weighted by molar-refractivity contribution is 1.66. The van der Waals surface area contributed by atoms with Crippen molar-refractivity contribution in [2.24, 2.45) is 0 Å². The van der Waals surface area contributed by atoms with Crippen molar-refractivity contribution in [1.82, 2.24) is 0 Å². The van der Waals surface area contributed by atoms with E-state index in [0.29, 0.717) is 0 Å². The predicted molar refractivity (Wildman–Crippen MR) is 106 cm³/mol. The lowest BCUT2D eigenvalue weighted by atomic mass is 9.92. The standard InChI is InChI=1S/C24H16/c1-2-5-17(6-3-1)9-10-18-11-12-21-14-13-19-7-4-8-20-15-16-22(18)24(21)23(19)20/h1-16H. The van der Waals surface area contributed by atoms with Gasteiger partial charge in [-0.05, 0) is 43.4 Å². The molecule has 0 aliphatic rings. The second-order valence-corrected chi connectivity index (χ2v) is 6.25. The third-order valence-corrected chi connectivity index (χ3v) is 4.82. The SMILES string of the molecule is C(=Cc1ccc2ccc3cccc4ccc1c2c34)c1ccccc1. The average molecular weight is 304 g/mol. The minimum atomic E-state index is 1.23. The first-order chi connectivity index (χ1) is 11.9. The Morgan fingerprint density at radius 1 is 0.458 bits per heavy atom. The van der Waals surface area contributed by atoms with Crippen LogP contribution in [0.15, 0.2) is 84.9 Å². The van der Waals surface area contributed by atoms with Crippen molar-refractivity contribution in [2.75, 3.05) is 0 Å². The molecule has 0 aromatic heterocycles. The Bertz CT molecular complexity index is 1160. The molecule has 0 fully saturated rings. The zero-order chi connectivity index (χ0) is 15.9. The van der Waals surface area contributed by atoms with Gasteiger partial charge in [-0.1, -0.05) is 97.1 Å². The van der Waals surface area contributed by atoms with E-state index in [9.17, 15) is 0 Å². The molecule has 5 aromatic rings. The normalized spacial score (nSPS) is 12.0. The van der Waals surface area contributed by atoms with E-state index in [4.69, 9.17) is 0 Å². The molecule has 0 spiro atoms. The topological polar surface area (TPSA) is 0 Å². The van der Waals surface area contributed by atoms with Crippen molar-refractivity contribution in [3.05, 3.63) is 96.1 Å². The van der Waals surface area contributed by atoms with Crippen LogP contribution in [0.3, 0.4) is 0 Å². The van der Waals surface area contributed by atoms with Crippen LogP contribution in [-0.2, 0) is 0 Å². The summed E-state index contributed by atoms with van der Waals surface area (Å²) >= 11 is 0. The molecule has 0 atom stereocenters. The lowest BCUT2D eigenvalue weighted by Gasteiger charge is -2.12. The van der Waals surface area contributed by atoms with Crippen LogP contribution in [0.1, 0.15) is 11.1 Å². The Balaban J connectivity index is 1.80. The highest BCUT2D eigenvalue weighted by molar-refractivity contribution is 6.24. The van der Waals surface area contributed by atoms with E-state index in [1.165, 1.54) is 43.4 Å². The fourth-order valence-electron chi connectivity index (χ4n) is 3.65. The molecular weight excluding hydrogens is 288 g/mol. The highest BCUT2D eigenvalue weighted by Crippen LogP contribution is 2.36. The third-order valence-electron chi connectivity index (χ3n) is 4.82. The maximum Gasteiger partial charge on any atom is -0.00208 e. The zero-order valence-electron chi connectivity index (χ0n) is 13.2. The summed E-state index contributed by atoms with van der Waals surface area (Å²) in [7, 11) is 0. The molecule has 24 heavy (non-hydrogen) atoms. The lowest BCUT2D eigenvalue weighted by Crippen LogP contribution is -1.85. The second-order valence-electron chi connectivity index (χ2n) is 6.25. The fraction of sp³-hybridized carbons (Fsp3) is 0. The second kappa shape index (κ2) is 5.21. The van der Waals surface area contributed by atoms with Crippen LogP contribution in [0, 0.1) is 0 Å². The molecule has 0 aliphatic heterocycles. The molecule has 5 rings (SSSR count). The van der Waals surface area contributed by atoms with E-state index >= 15 is 0 Å². The van der Waals surface area contributed by atoms with Gasteiger partial charge in [-0.3, -0.25) is 0 Å². The summed E-state index contributed by atoms with van der Waals surface area (Å²) < 4.78 is 0. The van der Waals surface area contributed by atoms with Gasteiger partial charge in [0.25, 0.3) is 0 Å². The fourth-order valence-corrected chi connectivity index (χ4v) is 3.65. The molecule has 0 heteroatoms. The van der Waals surface area contributed by atoms with Crippen molar-refractivity contribution >= 4 is 44.5 Å². The maximum absolute atomic E-state index is 2.26. The third kappa shape index (κ3) is 2.00. The van der Waals surface area contributed by atoms with Crippen molar-refractivity contribution in [2.45, 2.75) is 0 Å². The van der Waals surface area contributed by atoms with Gasteiger partial charge in [0.1, 0.15) is 0 Å². The number of hydrogen-bond acceptors (Lipinski definition) is 0. The number of benzene rings is 5. The Morgan fingerprint density at radius 3 is 1.92 bits per heavy atom. The van der Waals surface area contributed by atoms with Gasteiger partial charge in [-0.2, -0.15) is 0 Å². The summed E-state index contributed by atoms with van der Waals surface area (Å²) in [5.41, 5.74) is 2.49. The molecule has 0 bridgehead atoms. The molecule has 0 saturated heterocycles. The Labute approximate surface area is 141 Å². The monoisotopic (exact) mass is 304 g/mol. The van der Waals surface area contributed by atoms with Crippen molar-refractivity contribution < 1.29 is 0 Å². The van der Waals surface area contributed by atoms with Gasteiger partial charge in [0.2, 0.25) is 0 Å². The highest BCUT2D eigenvalue weighted by atomic mass is 14.1. The number of hydrogen-bond donors (Lipinski definition) is 0.